The molecule has 1 unspecified atom stereocenters. The highest BCUT2D eigenvalue weighted by Gasteiger charge is 2.27. The van der Waals surface area contributed by atoms with Crippen molar-refractivity contribution in [2.75, 3.05) is 25.2 Å². The van der Waals surface area contributed by atoms with Crippen LogP contribution in [-0.4, -0.2) is 42.2 Å². The lowest BCUT2D eigenvalue weighted by Crippen LogP contribution is -2.42. The van der Waals surface area contributed by atoms with Gasteiger partial charge in [-0.25, -0.2) is 4.98 Å². The monoisotopic (exact) mass is 279 g/mol. The molecular weight excluding hydrogens is 258 g/mol. The number of rotatable bonds is 5. The van der Waals surface area contributed by atoms with Gasteiger partial charge < -0.3 is 14.4 Å². The summed E-state index contributed by atoms with van der Waals surface area (Å²) in [5.74, 6) is 1.01. The van der Waals surface area contributed by atoms with Crippen molar-refractivity contribution < 1.29 is 14.3 Å². The van der Waals surface area contributed by atoms with Gasteiger partial charge in [0.15, 0.2) is 0 Å². The average Bonchev–Trinajstić information content (AvgIpc) is 2.48. The Morgan fingerprint density at radius 1 is 1.50 bits per heavy atom. The Morgan fingerprint density at radius 3 is 3.10 bits per heavy atom. The number of piperidine rings is 1. The summed E-state index contributed by atoms with van der Waals surface area (Å²) in [6.07, 6.45) is 5.22. The van der Waals surface area contributed by atoms with Crippen LogP contribution in [0.15, 0.2) is 12.3 Å². The topological polar surface area (TPSA) is 64.5 Å². The van der Waals surface area contributed by atoms with Gasteiger partial charge in [-0.05, 0) is 26.2 Å². The number of esters is 1. The highest BCUT2D eigenvalue weighted by atomic mass is 16.5. The van der Waals surface area contributed by atoms with Crippen LogP contribution in [0.25, 0.3) is 0 Å². The van der Waals surface area contributed by atoms with Crippen LogP contribution in [0.4, 0.5) is 5.95 Å². The standard InChI is InChI=1S/C14H21N3O3/c1-3-20-12-7-8-15-14(16-12)17-9-5-4-6-11(17)10-13(18)19-2/h7-8,11H,3-6,9-10H2,1-2H3. The quantitative estimate of drug-likeness (QED) is 0.766. The summed E-state index contributed by atoms with van der Waals surface area (Å²) in [7, 11) is 1.42. The first kappa shape index (κ1) is 14.6. The normalized spacial score (nSPS) is 18.7. The number of carbonyl (C=O) groups is 1. The molecule has 1 aliphatic rings. The summed E-state index contributed by atoms with van der Waals surface area (Å²) in [5.41, 5.74) is 0. The first-order valence-corrected chi connectivity index (χ1v) is 7.04. The first-order valence-electron chi connectivity index (χ1n) is 7.04. The number of aromatic nitrogens is 2. The molecule has 1 aromatic rings. The third-order valence-electron chi connectivity index (χ3n) is 3.42. The molecule has 0 spiro atoms. The van der Waals surface area contributed by atoms with E-state index in [1.807, 2.05) is 6.92 Å². The summed E-state index contributed by atoms with van der Waals surface area (Å²) >= 11 is 0. The lowest BCUT2D eigenvalue weighted by molar-refractivity contribution is -0.141. The molecule has 1 aromatic heterocycles. The minimum Gasteiger partial charge on any atom is -0.478 e. The molecule has 110 valence electrons. The molecule has 0 bridgehead atoms. The minimum atomic E-state index is -0.192. The number of hydrogen-bond acceptors (Lipinski definition) is 6. The second-order valence-corrected chi connectivity index (χ2v) is 4.75. The molecule has 0 radical (unpaired) electrons. The predicted molar refractivity (Wildman–Crippen MR) is 74.8 cm³/mol. The molecule has 20 heavy (non-hydrogen) atoms. The van der Waals surface area contributed by atoms with E-state index in [4.69, 9.17) is 9.47 Å². The highest BCUT2D eigenvalue weighted by molar-refractivity contribution is 5.70. The molecule has 0 N–H and O–H groups in total. The van der Waals surface area contributed by atoms with Crippen molar-refractivity contribution >= 4 is 11.9 Å². The molecule has 0 aliphatic carbocycles. The van der Waals surface area contributed by atoms with E-state index in [1.54, 1.807) is 12.3 Å². The van der Waals surface area contributed by atoms with Crippen molar-refractivity contribution in [3.8, 4) is 5.88 Å². The SMILES string of the molecule is CCOc1ccnc(N2CCCCC2CC(=O)OC)n1. The molecular formula is C14H21N3O3. The maximum absolute atomic E-state index is 11.5. The zero-order valence-corrected chi connectivity index (χ0v) is 12.0. The fraction of sp³-hybridized carbons (Fsp3) is 0.643. The fourth-order valence-corrected chi connectivity index (χ4v) is 2.45. The van der Waals surface area contributed by atoms with E-state index >= 15 is 0 Å². The summed E-state index contributed by atoms with van der Waals surface area (Å²) in [4.78, 5) is 22.3. The van der Waals surface area contributed by atoms with Gasteiger partial charge in [-0.2, -0.15) is 4.98 Å². The predicted octanol–water partition coefficient (Wildman–Crippen LogP) is 1.80. The van der Waals surface area contributed by atoms with Gasteiger partial charge in [0.25, 0.3) is 0 Å². The Kier molecular flexibility index (Phi) is 5.15. The van der Waals surface area contributed by atoms with E-state index in [0.29, 0.717) is 24.9 Å². The van der Waals surface area contributed by atoms with Crippen LogP contribution in [0.5, 0.6) is 5.88 Å². The summed E-state index contributed by atoms with van der Waals surface area (Å²) in [6.45, 7) is 3.35. The second-order valence-electron chi connectivity index (χ2n) is 4.75. The third kappa shape index (κ3) is 3.59. The Bertz CT molecular complexity index is 453. The maximum Gasteiger partial charge on any atom is 0.307 e. The van der Waals surface area contributed by atoms with Crippen LogP contribution in [0.1, 0.15) is 32.6 Å². The number of anilines is 1. The lowest BCUT2D eigenvalue weighted by atomic mass is 10.00. The van der Waals surface area contributed by atoms with E-state index in [9.17, 15) is 4.79 Å². The van der Waals surface area contributed by atoms with Crippen LogP contribution in [-0.2, 0) is 9.53 Å². The number of carbonyl (C=O) groups excluding carboxylic acids is 1. The number of methoxy groups -OCH3 is 1. The van der Waals surface area contributed by atoms with E-state index < -0.39 is 0 Å². The van der Waals surface area contributed by atoms with E-state index in [2.05, 4.69) is 14.9 Å². The molecule has 1 aliphatic heterocycles. The Morgan fingerprint density at radius 2 is 2.35 bits per heavy atom. The zero-order valence-electron chi connectivity index (χ0n) is 12.0. The zero-order chi connectivity index (χ0) is 14.4. The van der Waals surface area contributed by atoms with E-state index in [0.717, 1.165) is 25.8 Å². The van der Waals surface area contributed by atoms with Crippen molar-refractivity contribution in [3.63, 3.8) is 0 Å². The van der Waals surface area contributed by atoms with E-state index in [-0.39, 0.29) is 12.0 Å². The molecule has 2 rings (SSSR count). The molecule has 1 saturated heterocycles. The van der Waals surface area contributed by atoms with Gasteiger partial charge in [-0.3, -0.25) is 4.79 Å². The summed E-state index contributed by atoms with van der Waals surface area (Å²) in [6, 6.07) is 1.85. The molecule has 1 atom stereocenters. The van der Waals surface area contributed by atoms with Gasteiger partial charge in [0.05, 0.1) is 20.1 Å². The van der Waals surface area contributed by atoms with Gasteiger partial charge in [0.2, 0.25) is 11.8 Å². The number of ether oxygens (including phenoxy) is 2. The van der Waals surface area contributed by atoms with Crippen molar-refractivity contribution in [3.05, 3.63) is 12.3 Å². The van der Waals surface area contributed by atoms with Crippen molar-refractivity contribution in [1.82, 2.24) is 9.97 Å². The largest absolute Gasteiger partial charge is 0.478 e. The van der Waals surface area contributed by atoms with Gasteiger partial charge in [0.1, 0.15) is 0 Å². The summed E-state index contributed by atoms with van der Waals surface area (Å²) in [5, 5.41) is 0. The second kappa shape index (κ2) is 7.07. The van der Waals surface area contributed by atoms with Crippen LogP contribution >= 0.6 is 0 Å². The van der Waals surface area contributed by atoms with Gasteiger partial charge in [0, 0.05) is 24.8 Å². The minimum absolute atomic E-state index is 0.105. The smallest absolute Gasteiger partial charge is 0.307 e. The highest BCUT2D eigenvalue weighted by Crippen LogP contribution is 2.25. The molecule has 1 fully saturated rings. The fourth-order valence-electron chi connectivity index (χ4n) is 2.45. The lowest BCUT2D eigenvalue weighted by Gasteiger charge is -2.35. The molecule has 2 heterocycles. The third-order valence-corrected chi connectivity index (χ3v) is 3.42. The molecule has 0 amide bonds. The first-order chi connectivity index (χ1) is 9.74. The number of nitrogens with zero attached hydrogens (tertiary/aromatic N) is 3. The van der Waals surface area contributed by atoms with Crippen LogP contribution in [0, 0.1) is 0 Å². The molecule has 6 heteroatoms. The Labute approximate surface area is 119 Å². The van der Waals surface area contributed by atoms with Gasteiger partial charge in [-0.1, -0.05) is 0 Å². The average molecular weight is 279 g/mol. The molecule has 6 nitrogen and oxygen atoms in total. The summed E-state index contributed by atoms with van der Waals surface area (Å²) < 4.78 is 10.2. The molecule has 0 aromatic carbocycles. The van der Waals surface area contributed by atoms with Crippen LogP contribution < -0.4 is 9.64 Å². The van der Waals surface area contributed by atoms with Crippen LogP contribution in [0.3, 0.4) is 0 Å². The van der Waals surface area contributed by atoms with Crippen molar-refractivity contribution in [1.29, 1.82) is 0 Å². The Balaban J connectivity index is 2.14. The van der Waals surface area contributed by atoms with Gasteiger partial charge in [-0.15, -0.1) is 0 Å². The van der Waals surface area contributed by atoms with Crippen molar-refractivity contribution in [2.24, 2.45) is 0 Å². The maximum atomic E-state index is 11.5. The van der Waals surface area contributed by atoms with Crippen molar-refractivity contribution in [2.45, 2.75) is 38.6 Å². The Hall–Kier alpha value is -1.85. The van der Waals surface area contributed by atoms with Gasteiger partial charge >= 0.3 is 5.97 Å². The van der Waals surface area contributed by atoms with Crippen LogP contribution in [0.2, 0.25) is 0 Å². The number of hydrogen-bond donors (Lipinski definition) is 0. The molecule has 0 saturated carbocycles. The van der Waals surface area contributed by atoms with E-state index in [1.165, 1.54) is 7.11 Å².